The molecule has 128 valence electrons. The van der Waals surface area contributed by atoms with E-state index in [1.807, 2.05) is 0 Å². The van der Waals surface area contributed by atoms with Crippen molar-refractivity contribution in [2.24, 2.45) is 5.41 Å². The molecule has 0 aliphatic heterocycles. The van der Waals surface area contributed by atoms with Gasteiger partial charge in [-0.3, -0.25) is 0 Å². The van der Waals surface area contributed by atoms with Gasteiger partial charge in [-0.1, -0.05) is 51.1 Å². The summed E-state index contributed by atoms with van der Waals surface area (Å²) < 4.78 is 5.58. The van der Waals surface area contributed by atoms with Gasteiger partial charge in [0.05, 0.1) is 7.11 Å². The van der Waals surface area contributed by atoms with Crippen LogP contribution in [0.2, 0.25) is 0 Å². The molecular weight excluding hydrogens is 306 g/mol. The van der Waals surface area contributed by atoms with Gasteiger partial charge in [-0.2, -0.15) is 0 Å². The largest absolute Gasteiger partial charge is 0.496 e. The number of rotatable bonds is 5. The molecule has 1 N–H and O–H groups in total. The first-order valence-corrected chi connectivity index (χ1v) is 8.01. The van der Waals surface area contributed by atoms with Crippen molar-refractivity contribution in [2.45, 2.75) is 53.1 Å². The summed E-state index contributed by atoms with van der Waals surface area (Å²) in [5.74, 6) is 0.956. The maximum Gasteiger partial charge on any atom is 0.123 e. The average molecular weight is 336 g/mol. The molecule has 0 aromatic heterocycles. The van der Waals surface area contributed by atoms with Gasteiger partial charge in [0.15, 0.2) is 0 Å². The maximum absolute atomic E-state index is 5.58. The van der Waals surface area contributed by atoms with E-state index in [-0.39, 0.29) is 17.9 Å². The minimum Gasteiger partial charge on any atom is -0.496 e. The zero-order chi connectivity index (χ0) is 16.4. The molecule has 0 atom stereocenters. The first-order valence-electron chi connectivity index (χ1n) is 8.01. The van der Waals surface area contributed by atoms with Gasteiger partial charge < -0.3 is 10.1 Å². The molecule has 23 heavy (non-hydrogen) atoms. The number of hydrogen-bond donors (Lipinski definition) is 1. The van der Waals surface area contributed by atoms with Gasteiger partial charge in [-0.05, 0) is 42.5 Å². The van der Waals surface area contributed by atoms with Crippen LogP contribution < -0.4 is 10.1 Å². The lowest BCUT2D eigenvalue weighted by Gasteiger charge is -2.34. The Bertz CT molecular complexity index is 644. The third kappa shape index (κ3) is 5.40. The van der Waals surface area contributed by atoms with Gasteiger partial charge >= 0.3 is 0 Å². The minimum absolute atomic E-state index is 0. The van der Waals surface area contributed by atoms with Crippen LogP contribution in [0.1, 0.15) is 46.6 Å². The molecule has 2 aromatic rings. The molecule has 3 heteroatoms. The Morgan fingerprint density at radius 3 is 2.22 bits per heavy atom. The summed E-state index contributed by atoms with van der Waals surface area (Å²) in [4.78, 5) is 0. The van der Waals surface area contributed by atoms with Gasteiger partial charge in [0, 0.05) is 17.6 Å². The highest BCUT2D eigenvalue weighted by Gasteiger charge is 2.25. The summed E-state index contributed by atoms with van der Waals surface area (Å²) in [7, 11) is 1.74. The molecule has 0 heterocycles. The van der Waals surface area contributed by atoms with Crippen LogP contribution in [-0.4, -0.2) is 12.6 Å². The lowest BCUT2D eigenvalue weighted by Crippen LogP contribution is -2.41. The zero-order valence-electron chi connectivity index (χ0n) is 15.2. The number of ether oxygens (including phenoxy) is 1. The molecule has 0 fully saturated rings. The van der Waals surface area contributed by atoms with Gasteiger partial charge in [0.2, 0.25) is 0 Å². The van der Waals surface area contributed by atoms with Crippen LogP contribution in [0.4, 0.5) is 0 Å². The number of hydrogen-bond acceptors (Lipinski definition) is 2. The second kappa shape index (κ2) is 7.55. The lowest BCUT2D eigenvalue weighted by atomic mass is 9.81. The Hall–Kier alpha value is -1.25. The summed E-state index contributed by atoms with van der Waals surface area (Å²) in [5, 5.41) is 6.24. The predicted molar refractivity (Wildman–Crippen MR) is 103 cm³/mol. The van der Waals surface area contributed by atoms with Crippen molar-refractivity contribution in [1.82, 2.24) is 5.32 Å². The molecule has 0 aliphatic carbocycles. The van der Waals surface area contributed by atoms with E-state index in [1.54, 1.807) is 7.11 Å². The van der Waals surface area contributed by atoms with Crippen LogP contribution in [0.15, 0.2) is 36.4 Å². The Kier molecular flexibility index (Phi) is 6.49. The molecule has 0 saturated carbocycles. The molecule has 2 nitrogen and oxygen atoms in total. The molecule has 2 aromatic carbocycles. The Balaban J connectivity index is 0.00000264. The molecule has 0 spiro atoms. The number of halogens is 1. The molecule has 0 radical (unpaired) electrons. The highest BCUT2D eigenvalue weighted by Crippen LogP contribution is 2.30. The monoisotopic (exact) mass is 335 g/mol. The number of benzene rings is 2. The van der Waals surface area contributed by atoms with Crippen molar-refractivity contribution in [3.63, 3.8) is 0 Å². The van der Waals surface area contributed by atoms with Crippen molar-refractivity contribution >= 4 is 23.2 Å². The normalized spacial score (nSPS) is 12.1. The summed E-state index contributed by atoms with van der Waals surface area (Å²) in [6.45, 7) is 12.2. The summed E-state index contributed by atoms with van der Waals surface area (Å²) in [5.41, 5.74) is 1.63. The first-order chi connectivity index (χ1) is 10.2. The van der Waals surface area contributed by atoms with E-state index in [0.29, 0.717) is 5.41 Å². The van der Waals surface area contributed by atoms with E-state index in [4.69, 9.17) is 4.74 Å². The molecule has 2 rings (SSSR count). The van der Waals surface area contributed by atoms with Crippen LogP contribution >= 0.6 is 12.4 Å². The summed E-state index contributed by atoms with van der Waals surface area (Å²) in [6, 6.07) is 12.7. The van der Waals surface area contributed by atoms with Gasteiger partial charge in [-0.15, -0.1) is 12.4 Å². The topological polar surface area (TPSA) is 21.3 Å². The fraction of sp³-hybridized carbons (Fsp3) is 0.500. The smallest absolute Gasteiger partial charge is 0.123 e. The summed E-state index contributed by atoms with van der Waals surface area (Å²) in [6.07, 6.45) is 1.12. The van der Waals surface area contributed by atoms with Gasteiger partial charge in [-0.25, -0.2) is 0 Å². The second-order valence-corrected chi connectivity index (χ2v) is 7.94. The molecular formula is C20H30ClNO. The Morgan fingerprint density at radius 2 is 1.61 bits per heavy atom. The summed E-state index contributed by atoms with van der Waals surface area (Å²) >= 11 is 0. The second-order valence-electron chi connectivity index (χ2n) is 7.94. The van der Waals surface area contributed by atoms with E-state index in [9.17, 15) is 0 Å². The van der Waals surface area contributed by atoms with E-state index in [1.165, 1.54) is 16.3 Å². The van der Waals surface area contributed by atoms with Gasteiger partial charge in [0.1, 0.15) is 5.75 Å². The van der Waals surface area contributed by atoms with E-state index in [0.717, 1.165) is 18.7 Å². The molecule has 0 bridgehead atoms. The van der Waals surface area contributed by atoms with E-state index >= 15 is 0 Å². The van der Waals surface area contributed by atoms with E-state index in [2.05, 4.69) is 76.3 Å². The number of fused-ring (bicyclic) bond motifs is 1. The van der Waals surface area contributed by atoms with Crippen molar-refractivity contribution in [1.29, 1.82) is 0 Å². The molecule has 0 aliphatic rings. The van der Waals surface area contributed by atoms with Crippen LogP contribution in [0.25, 0.3) is 10.8 Å². The number of nitrogens with one attached hydrogen (secondary N) is 1. The van der Waals surface area contributed by atoms with Crippen molar-refractivity contribution in [3.8, 4) is 5.75 Å². The van der Waals surface area contributed by atoms with Crippen molar-refractivity contribution in [3.05, 3.63) is 42.0 Å². The Labute approximate surface area is 147 Å². The molecule has 0 amide bonds. The standard InChI is InChI=1S/C20H29NO.ClH/c1-19(2,3)14-20(4,5)21-13-17-16-10-8-7-9-15(16)11-12-18(17)22-6;/h7-12,21H,13-14H2,1-6H3;1H. The van der Waals surface area contributed by atoms with Crippen LogP contribution in [0, 0.1) is 5.41 Å². The highest BCUT2D eigenvalue weighted by molar-refractivity contribution is 5.87. The lowest BCUT2D eigenvalue weighted by molar-refractivity contribution is 0.240. The zero-order valence-corrected chi connectivity index (χ0v) is 16.0. The number of methoxy groups -OCH3 is 1. The quantitative estimate of drug-likeness (QED) is 0.770. The SMILES string of the molecule is COc1ccc2ccccc2c1CNC(C)(C)CC(C)(C)C.Cl. The highest BCUT2D eigenvalue weighted by atomic mass is 35.5. The van der Waals surface area contributed by atoms with Crippen LogP contribution in [0.3, 0.4) is 0 Å². The van der Waals surface area contributed by atoms with Gasteiger partial charge in [0.25, 0.3) is 0 Å². The van der Waals surface area contributed by atoms with Crippen LogP contribution in [0.5, 0.6) is 5.75 Å². The third-order valence-electron chi connectivity index (χ3n) is 3.93. The van der Waals surface area contributed by atoms with Crippen molar-refractivity contribution in [2.75, 3.05) is 7.11 Å². The molecule has 0 unspecified atom stereocenters. The van der Waals surface area contributed by atoms with Crippen molar-refractivity contribution < 1.29 is 4.74 Å². The predicted octanol–water partition coefficient (Wildman–Crippen LogP) is 5.57. The fourth-order valence-corrected chi connectivity index (χ4v) is 3.41. The molecule has 0 saturated heterocycles. The first kappa shape index (κ1) is 19.8. The van der Waals surface area contributed by atoms with E-state index < -0.39 is 0 Å². The van der Waals surface area contributed by atoms with Crippen LogP contribution in [-0.2, 0) is 6.54 Å². The maximum atomic E-state index is 5.58. The minimum atomic E-state index is 0. The third-order valence-corrected chi connectivity index (χ3v) is 3.93. The fourth-order valence-electron chi connectivity index (χ4n) is 3.41. The average Bonchev–Trinajstić information content (AvgIpc) is 2.42. The Morgan fingerprint density at radius 1 is 0.957 bits per heavy atom.